The van der Waals surface area contributed by atoms with E-state index in [0.717, 1.165) is 40.4 Å². The van der Waals surface area contributed by atoms with Gasteiger partial charge in [-0.3, -0.25) is 9.38 Å². The zero-order chi connectivity index (χ0) is 19.0. The van der Waals surface area contributed by atoms with Crippen molar-refractivity contribution < 1.29 is 0 Å². The van der Waals surface area contributed by atoms with Gasteiger partial charge in [-0.25, -0.2) is 4.98 Å². The quantitative estimate of drug-likeness (QED) is 0.445. The summed E-state index contributed by atoms with van der Waals surface area (Å²) in [7, 11) is 0. The number of imidazole rings is 1. The molecular formula is C24H25N3. The molecule has 0 aliphatic rings. The van der Waals surface area contributed by atoms with Crippen molar-refractivity contribution in [2.24, 2.45) is 0 Å². The van der Waals surface area contributed by atoms with Gasteiger partial charge in [0.2, 0.25) is 0 Å². The lowest BCUT2D eigenvalue weighted by atomic mass is 10.1. The second-order valence-electron chi connectivity index (χ2n) is 7.39. The number of fused-ring (bicyclic) bond motifs is 1. The van der Waals surface area contributed by atoms with Crippen LogP contribution in [0.4, 0.5) is 0 Å². The molecule has 27 heavy (non-hydrogen) atoms. The minimum absolute atomic E-state index is 0.388. The van der Waals surface area contributed by atoms with Gasteiger partial charge in [-0.1, -0.05) is 56.7 Å². The molecule has 0 bridgehead atoms. The Morgan fingerprint density at radius 3 is 2.44 bits per heavy atom. The Hall–Kier alpha value is -2.94. The molecule has 3 heteroatoms. The number of hydrogen-bond donors (Lipinski definition) is 0. The van der Waals surface area contributed by atoms with E-state index in [4.69, 9.17) is 9.97 Å². The summed E-state index contributed by atoms with van der Waals surface area (Å²) in [5.41, 5.74) is 8.73. The van der Waals surface area contributed by atoms with Crippen LogP contribution in [0.15, 0.2) is 60.8 Å². The molecule has 0 spiro atoms. The number of benzene rings is 1. The molecular weight excluding hydrogens is 330 g/mol. The van der Waals surface area contributed by atoms with Gasteiger partial charge in [0.25, 0.3) is 0 Å². The van der Waals surface area contributed by atoms with Gasteiger partial charge in [-0.15, -0.1) is 0 Å². The summed E-state index contributed by atoms with van der Waals surface area (Å²) in [5.74, 6) is 0.388. The summed E-state index contributed by atoms with van der Waals surface area (Å²) in [5, 5.41) is 0. The maximum Gasteiger partial charge on any atom is 0.138 e. The molecule has 4 rings (SSSR count). The first-order valence-corrected chi connectivity index (χ1v) is 9.62. The van der Waals surface area contributed by atoms with E-state index in [1.54, 1.807) is 0 Å². The van der Waals surface area contributed by atoms with Crippen LogP contribution in [0.25, 0.3) is 28.3 Å². The molecule has 0 aliphatic heterocycles. The average molecular weight is 355 g/mol. The normalized spacial score (nSPS) is 11.4. The van der Waals surface area contributed by atoms with Crippen LogP contribution >= 0.6 is 0 Å². The third kappa shape index (κ3) is 3.25. The van der Waals surface area contributed by atoms with Crippen molar-refractivity contribution in [2.75, 3.05) is 0 Å². The van der Waals surface area contributed by atoms with Crippen LogP contribution in [0.3, 0.4) is 0 Å². The molecule has 3 heterocycles. The fraction of sp³-hybridized carbons (Fsp3) is 0.250. The molecule has 0 N–H and O–H groups in total. The summed E-state index contributed by atoms with van der Waals surface area (Å²) >= 11 is 0. The lowest BCUT2D eigenvalue weighted by molar-refractivity contribution is 0.824. The standard InChI is InChI=1S/C24H25N3/c1-5-18-13-14-27-22(15-18)26-23(19-11-9-17(4)10-12-19)24(27)21-8-6-7-20(25-21)16(2)3/h6-16H,5H2,1-4H3. The molecule has 136 valence electrons. The molecule has 0 saturated carbocycles. The lowest BCUT2D eigenvalue weighted by Gasteiger charge is -2.09. The first-order valence-electron chi connectivity index (χ1n) is 9.62. The van der Waals surface area contributed by atoms with E-state index in [2.05, 4.69) is 92.9 Å². The highest BCUT2D eigenvalue weighted by Crippen LogP contribution is 2.33. The van der Waals surface area contributed by atoms with Crippen LogP contribution in [0.2, 0.25) is 0 Å². The fourth-order valence-corrected chi connectivity index (χ4v) is 3.37. The zero-order valence-electron chi connectivity index (χ0n) is 16.4. The minimum atomic E-state index is 0.388. The number of pyridine rings is 2. The van der Waals surface area contributed by atoms with Gasteiger partial charge in [-0.2, -0.15) is 0 Å². The van der Waals surface area contributed by atoms with Crippen molar-refractivity contribution in [3.8, 4) is 22.6 Å². The molecule has 0 unspecified atom stereocenters. The number of hydrogen-bond acceptors (Lipinski definition) is 2. The highest BCUT2D eigenvalue weighted by molar-refractivity contribution is 5.80. The van der Waals surface area contributed by atoms with Gasteiger partial charge in [0.1, 0.15) is 5.65 Å². The molecule has 0 amide bonds. The van der Waals surface area contributed by atoms with Gasteiger partial charge >= 0.3 is 0 Å². The van der Waals surface area contributed by atoms with Crippen LogP contribution in [-0.2, 0) is 6.42 Å². The van der Waals surface area contributed by atoms with Gasteiger partial charge in [0.15, 0.2) is 0 Å². The van der Waals surface area contributed by atoms with Crippen molar-refractivity contribution >= 4 is 5.65 Å². The van der Waals surface area contributed by atoms with E-state index in [0.29, 0.717) is 5.92 Å². The van der Waals surface area contributed by atoms with Gasteiger partial charge in [0, 0.05) is 17.5 Å². The number of nitrogens with zero attached hydrogens (tertiary/aromatic N) is 3. The highest BCUT2D eigenvalue weighted by Gasteiger charge is 2.18. The summed E-state index contributed by atoms with van der Waals surface area (Å²) < 4.78 is 2.17. The predicted octanol–water partition coefficient (Wildman–Crippen LogP) is 6.06. The second-order valence-corrected chi connectivity index (χ2v) is 7.39. The molecule has 0 fully saturated rings. The van der Waals surface area contributed by atoms with Crippen molar-refractivity contribution in [3.05, 3.63) is 77.6 Å². The third-order valence-electron chi connectivity index (χ3n) is 5.03. The summed E-state index contributed by atoms with van der Waals surface area (Å²) in [6.45, 7) is 8.63. The third-order valence-corrected chi connectivity index (χ3v) is 5.03. The van der Waals surface area contributed by atoms with Crippen molar-refractivity contribution in [2.45, 2.75) is 40.0 Å². The van der Waals surface area contributed by atoms with Gasteiger partial charge < -0.3 is 0 Å². The van der Waals surface area contributed by atoms with Crippen LogP contribution in [0.5, 0.6) is 0 Å². The van der Waals surface area contributed by atoms with E-state index in [-0.39, 0.29) is 0 Å². The molecule has 3 nitrogen and oxygen atoms in total. The Labute approximate surface area is 160 Å². The first kappa shape index (κ1) is 17.5. The summed E-state index contributed by atoms with van der Waals surface area (Å²) in [4.78, 5) is 9.95. The van der Waals surface area contributed by atoms with E-state index in [1.807, 2.05) is 0 Å². The monoisotopic (exact) mass is 355 g/mol. The topological polar surface area (TPSA) is 30.2 Å². The second kappa shape index (κ2) is 6.99. The average Bonchev–Trinajstić information content (AvgIpc) is 3.07. The van der Waals surface area contributed by atoms with Crippen molar-refractivity contribution in [3.63, 3.8) is 0 Å². The van der Waals surface area contributed by atoms with E-state index >= 15 is 0 Å². The van der Waals surface area contributed by atoms with Crippen LogP contribution in [0, 0.1) is 6.92 Å². The van der Waals surface area contributed by atoms with Crippen LogP contribution in [-0.4, -0.2) is 14.4 Å². The maximum atomic E-state index is 5.00. The predicted molar refractivity (Wildman–Crippen MR) is 112 cm³/mol. The Morgan fingerprint density at radius 2 is 1.74 bits per heavy atom. The number of aryl methyl sites for hydroxylation is 2. The molecule has 0 saturated heterocycles. The largest absolute Gasteiger partial charge is 0.298 e. The van der Waals surface area contributed by atoms with E-state index in [1.165, 1.54) is 11.1 Å². The maximum absolute atomic E-state index is 5.00. The molecule has 1 aromatic carbocycles. The van der Waals surface area contributed by atoms with E-state index in [9.17, 15) is 0 Å². The molecule has 0 aliphatic carbocycles. The number of aromatic nitrogens is 3. The van der Waals surface area contributed by atoms with Gasteiger partial charge in [-0.05, 0) is 49.1 Å². The first-order chi connectivity index (χ1) is 13.1. The Balaban J connectivity index is 2.00. The molecule has 3 aromatic heterocycles. The zero-order valence-corrected chi connectivity index (χ0v) is 16.4. The summed E-state index contributed by atoms with van der Waals surface area (Å²) in [6, 6.07) is 19.2. The minimum Gasteiger partial charge on any atom is -0.298 e. The van der Waals surface area contributed by atoms with Crippen LogP contribution < -0.4 is 0 Å². The Kier molecular flexibility index (Phi) is 4.53. The van der Waals surface area contributed by atoms with Crippen LogP contribution in [0.1, 0.15) is 43.5 Å². The summed E-state index contributed by atoms with van der Waals surface area (Å²) in [6.07, 6.45) is 3.12. The fourth-order valence-electron chi connectivity index (χ4n) is 3.37. The highest BCUT2D eigenvalue weighted by atomic mass is 15.0. The number of rotatable bonds is 4. The smallest absolute Gasteiger partial charge is 0.138 e. The lowest BCUT2D eigenvalue weighted by Crippen LogP contribution is -1.97. The van der Waals surface area contributed by atoms with E-state index < -0.39 is 0 Å². The Morgan fingerprint density at radius 1 is 0.963 bits per heavy atom. The molecule has 4 aromatic rings. The Bertz CT molecular complexity index is 1090. The molecule has 0 radical (unpaired) electrons. The van der Waals surface area contributed by atoms with Crippen molar-refractivity contribution in [1.29, 1.82) is 0 Å². The SMILES string of the molecule is CCc1ccn2c(-c3cccc(C(C)C)n3)c(-c3ccc(C)cc3)nc2c1. The van der Waals surface area contributed by atoms with Gasteiger partial charge in [0.05, 0.1) is 17.1 Å². The molecule has 0 atom stereocenters. The van der Waals surface area contributed by atoms with Crippen molar-refractivity contribution in [1.82, 2.24) is 14.4 Å².